The van der Waals surface area contributed by atoms with Crippen molar-refractivity contribution in [3.63, 3.8) is 0 Å². The van der Waals surface area contributed by atoms with Crippen molar-refractivity contribution < 1.29 is 0 Å². The monoisotopic (exact) mass is 419 g/mol. The summed E-state index contributed by atoms with van der Waals surface area (Å²) in [5.74, 6) is 0. The summed E-state index contributed by atoms with van der Waals surface area (Å²) in [6.45, 7) is 0. The molecule has 0 bridgehead atoms. The van der Waals surface area contributed by atoms with Crippen LogP contribution in [0.1, 0.15) is 22.3 Å². The maximum Gasteiger partial charge on any atom is 0.0732 e. The second-order valence-corrected chi connectivity index (χ2v) is 9.35. The molecule has 154 valence electrons. The van der Waals surface area contributed by atoms with E-state index in [2.05, 4.69) is 121 Å². The second kappa shape index (κ2) is 5.82. The van der Waals surface area contributed by atoms with Gasteiger partial charge in [-0.15, -0.1) is 0 Å². The van der Waals surface area contributed by atoms with Crippen LogP contribution in [0, 0.1) is 0 Å². The summed E-state index contributed by atoms with van der Waals surface area (Å²) in [4.78, 5) is 0. The van der Waals surface area contributed by atoms with Gasteiger partial charge in [-0.25, -0.2) is 0 Å². The van der Waals surface area contributed by atoms with Gasteiger partial charge in [0.2, 0.25) is 0 Å². The third kappa shape index (κ3) is 1.84. The van der Waals surface area contributed by atoms with Crippen molar-refractivity contribution >= 4 is 21.8 Å². The van der Waals surface area contributed by atoms with Crippen LogP contribution in [0.3, 0.4) is 0 Å². The van der Waals surface area contributed by atoms with E-state index in [1.807, 2.05) is 0 Å². The Morgan fingerprint density at radius 3 is 1.64 bits per heavy atom. The minimum absolute atomic E-state index is 0.303. The number of hydrogen-bond acceptors (Lipinski definition) is 0. The lowest BCUT2D eigenvalue weighted by atomic mass is 9.69. The van der Waals surface area contributed by atoms with E-state index in [1.165, 1.54) is 66.3 Å². The highest BCUT2D eigenvalue weighted by Crippen LogP contribution is 2.64. The summed E-state index contributed by atoms with van der Waals surface area (Å²) in [5.41, 5.74) is 13.3. The highest BCUT2D eigenvalue weighted by atomic mass is 14.9. The van der Waals surface area contributed by atoms with Gasteiger partial charge >= 0.3 is 0 Å². The Labute approximate surface area is 192 Å². The molecule has 0 N–H and O–H groups in total. The van der Waals surface area contributed by atoms with Crippen LogP contribution in [0.5, 0.6) is 0 Å². The third-order valence-electron chi connectivity index (χ3n) is 8.03. The Morgan fingerprint density at radius 2 is 1.00 bits per heavy atom. The quantitative estimate of drug-likeness (QED) is 0.238. The summed E-state index contributed by atoms with van der Waals surface area (Å²) in [7, 11) is 2.20. The van der Waals surface area contributed by atoms with Gasteiger partial charge in [0.15, 0.2) is 0 Å². The Hall–Kier alpha value is -4.10. The van der Waals surface area contributed by atoms with Crippen molar-refractivity contribution in [3.8, 4) is 22.3 Å². The van der Waals surface area contributed by atoms with Crippen molar-refractivity contribution in [3.05, 3.63) is 131 Å². The van der Waals surface area contributed by atoms with E-state index in [9.17, 15) is 0 Å². The number of aryl methyl sites for hydroxylation is 1. The molecule has 6 aromatic rings. The number of rotatable bonds is 0. The van der Waals surface area contributed by atoms with Crippen LogP contribution < -0.4 is 0 Å². The molecule has 0 amide bonds. The summed E-state index contributed by atoms with van der Waals surface area (Å²) in [6.07, 6.45) is 0. The van der Waals surface area contributed by atoms with E-state index in [1.54, 1.807) is 0 Å². The molecule has 0 saturated carbocycles. The predicted molar refractivity (Wildman–Crippen MR) is 137 cm³/mol. The highest BCUT2D eigenvalue weighted by molar-refractivity contribution is 6.15. The number of nitrogens with zero attached hydrogens (tertiary/aromatic N) is 1. The predicted octanol–water partition coefficient (Wildman–Crippen LogP) is 7.68. The fraction of sp³-hybridized carbons (Fsp3) is 0.0625. The lowest BCUT2D eigenvalue weighted by molar-refractivity contribution is 0.801. The van der Waals surface area contributed by atoms with E-state index in [0.29, 0.717) is 0 Å². The zero-order chi connectivity index (χ0) is 21.7. The first-order valence-corrected chi connectivity index (χ1v) is 11.6. The van der Waals surface area contributed by atoms with Crippen molar-refractivity contribution in [2.75, 3.05) is 0 Å². The fourth-order valence-electron chi connectivity index (χ4n) is 6.84. The topological polar surface area (TPSA) is 4.93 Å². The Kier molecular flexibility index (Phi) is 3.08. The molecule has 0 aliphatic heterocycles. The van der Waals surface area contributed by atoms with Crippen LogP contribution in [0.15, 0.2) is 109 Å². The molecule has 1 nitrogen and oxygen atoms in total. The number of benzene rings is 5. The molecule has 2 aliphatic rings. The van der Waals surface area contributed by atoms with Gasteiger partial charge in [-0.1, -0.05) is 97.1 Å². The first kappa shape index (κ1) is 17.5. The SMILES string of the molecule is Cn1c2ccccc2c2c3c(ccc21)-c1ccccc1C31c2ccccc2-c2ccccc21. The zero-order valence-corrected chi connectivity index (χ0v) is 18.3. The minimum Gasteiger partial charge on any atom is -0.344 e. The van der Waals surface area contributed by atoms with Gasteiger partial charge in [0.05, 0.1) is 5.41 Å². The maximum atomic E-state index is 2.36. The van der Waals surface area contributed by atoms with E-state index < -0.39 is 0 Å². The van der Waals surface area contributed by atoms with Crippen molar-refractivity contribution in [2.24, 2.45) is 7.05 Å². The second-order valence-electron chi connectivity index (χ2n) is 9.35. The summed E-state index contributed by atoms with van der Waals surface area (Å²) < 4.78 is 2.36. The average Bonchev–Trinajstić information content (AvgIpc) is 3.46. The molecule has 1 aromatic heterocycles. The maximum absolute atomic E-state index is 2.36. The molecular formula is C32H21N. The standard InChI is InChI=1S/C32H21N/c1-33-28-17-9-5-13-24(28)30-29(33)19-18-23-22-12-4-8-16-27(22)32(31(23)30)25-14-6-2-10-20(25)21-11-3-7-15-26(21)32/h2-19H,1H3. The van der Waals surface area contributed by atoms with Gasteiger partial charge in [0.25, 0.3) is 0 Å². The van der Waals surface area contributed by atoms with Crippen molar-refractivity contribution in [1.29, 1.82) is 0 Å². The van der Waals surface area contributed by atoms with Crippen molar-refractivity contribution in [2.45, 2.75) is 5.41 Å². The molecule has 0 fully saturated rings. The van der Waals surface area contributed by atoms with Gasteiger partial charge < -0.3 is 4.57 Å². The third-order valence-corrected chi connectivity index (χ3v) is 8.03. The Balaban J connectivity index is 1.70. The molecule has 33 heavy (non-hydrogen) atoms. The van der Waals surface area contributed by atoms with E-state index in [-0.39, 0.29) is 5.41 Å². The van der Waals surface area contributed by atoms with Gasteiger partial charge in [-0.2, -0.15) is 0 Å². The van der Waals surface area contributed by atoms with Crippen LogP contribution in [0.4, 0.5) is 0 Å². The molecule has 0 saturated heterocycles. The number of para-hydroxylation sites is 1. The van der Waals surface area contributed by atoms with Crippen LogP contribution in [0.25, 0.3) is 44.1 Å². The van der Waals surface area contributed by atoms with Gasteiger partial charge in [-0.05, 0) is 56.6 Å². The molecular weight excluding hydrogens is 398 g/mol. The lowest BCUT2D eigenvalue weighted by Gasteiger charge is -2.31. The van der Waals surface area contributed by atoms with Gasteiger partial charge in [0, 0.05) is 28.9 Å². The summed E-state index contributed by atoms with van der Waals surface area (Å²) in [6, 6.07) is 40.6. The van der Waals surface area contributed by atoms with E-state index in [4.69, 9.17) is 0 Å². The number of hydrogen-bond donors (Lipinski definition) is 0. The van der Waals surface area contributed by atoms with Gasteiger partial charge in [0.1, 0.15) is 0 Å². The average molecular weight is 420 g/mol. The van der Waals surface area contributed by atoms with Crippen molar-refractivity contribution in [1.82, 2.24) is 4.57 Å². The van der Waals surface area contributed by atoms with E-state index in [0.717, 1.165) is 0 Å². The van der Waals surface area contributed by atoms with Crippen LogP contribution >= 0.6 is 0 Å². The van der Waals surface area contributed by atoms with Crippen LogP contribution in [-0.2, 0) is 12.5 Å². The number of aromatic nitrogens is 1. The molecule has 0 unspecified atom stereocenters. The molecule has 1 spiro atoms. The van der Waals surface area contributed by atoms with Crippen LogP contribution in [0.2, 0.25) is 0 Å². The Morgan fingerprint density at radius 1 is 0.485 bits per heavy atom. The first-order valence-electron chi connectivity index (χ1n) is 11.6. The Bertz CT molecular complexity index is 1720. The molecule has 0 radical (unpaired) electrons. The summed E-state index contributed by atoms with van der Waals surface area (Å²) in [5, 5.41) is 2.72. The van der Waals surface area contributed by atoms with Gasteiger partial charge in [-0.3, -0.25) is 0 Å². The lowest BCUT2D eigenvalue weighted by Crippen LogP contribution is -2.26. The normalized spacial score (nSPS) is 14.5. The largest absolute Gasteiger partial charge is 0.344 e. The molecule has 0 atom stereocenters. The number of fused-ring (bicyclic) bond motifs is 14. The van der Waals surface area contributed by atoms with Crippen LogP contribution in [-0.4, -0.2) is 4.57 Å². The van der Waals surface area contributed by atoms with E-state index >= 15 is 0 Å². The molecule has 8 rings (SSSR count). The fourth-order valence-corrected chi connectivity index (χ4v) is 6.84. The molecule has 1 heterocycles. The molecule has 2 aliphatic carbocycles. The minimum atomic E-state index is -0.303. The first-order chi connectivity index (χ1) is 16.3. The smallest absolute Gasteiger partial charge is 0.0732 e. The highest BCUT2D eigenvalue weighted by Gasteiger charge is 2.52. The summed E-state index contributed by atoms with van der Waals surface area (Å²) >= 11 is 0. The molecule has 1 heteroatoms. The zero-order valence-electron chi connectivity index (χ0n) is 18.3. The molecule has 5 aromatic carbocycles.